The quantitative estimate of drug-likeness (QED) is 0.517. The van der Waals surface area contributed by atoms with Crippen molar-refractivity contribution in [3.8, 4) is 22.8 Å². The molecule has 164 valence electrons. The normalized spacial score (nSPS) is 10.9. The summed E-state index contributed by atoms with van der Waals surface area (Å²) in [6, 6.07) is 8.70. The van der Waals surface area contributed by atoms with E-state index in [9.17, 15) is 18.0 Å². The number of nitrogens with zero attached hydrogens (tertiary/aromatic N) is 1. The van der Waals surface area contributed by atoms with Crippen LogP contribution in [-0.2, 0) is 6.42 Å². The van der Waals surface area contributed by atoms with E-state index < -0.39 is 18.3 Å². The second-order valence-corrected chi connectivity index (χ2v) is 6.84. The number of alkyl halides is 2. The van der Waals surface area contributed by atoms with Crippen molar-refractivity contribution in [1.29, 1.82) is 0 Å². The maximum Gasteiger partial charge on any atom is 0.387 e. The molecule has 1 heterocycles. The number of carbonyl (C=O) groups excluding carboxylic acids is 1. The summed E-state index contributed by atoms with van der Waals surface area (Å²) < 4.78 is 54.0. The molecule has 0 aliphatic rings. The number of halogens is 4. The van der Waals surface area contributed by atoms with Gasteiger partial charge in [0.2, 0.25) is 0 Å². The zero-order chi connectivity index (χ0) is 22.5. The van der Waals surface area contributed by atoms with Crippen LogP contribution < -0.4 is 14.8 Å². The van der Waals surface area contributed by atoms with Crippen molar-refractivity contribution < 1.29 is 32.0 Å². The van der Waals surface area contributed by atoms with Gasteiger partial charge in [0.15, 0.2) is 11.5 Å². The lowest BCUT2D eigenvalue weighted by atomic mass is 10.0. The highest BCUT2D eigenvalue weighted by molar-refractivity contribution is 6.33. The maximum absolute atomic E-state index is 14.3. The van der Waals surface area contributed by atoms with Crippen LogP contribution in [0.25, 0.3) is 11.3 Å². The van der Waals surface area contributed by atoms with E-state index >= 15 is 0 Å². The predicted octanol–water partition coefficient (Wildman–Crippen LogP) is 5.03. The average molecular weight is 455 g/mol. The Morgan fingerprint density at radius 2 is 2.03 bits per heavy atom. The SMILES string of the molecule is COc1ccc(CCNC(=O)c2c(-c3c(F)cccc3Cl)noc2C)cc1OC(F)F. The van der Waals surface area contributed by atoms with Crippen molar-refractivity contribution in [3.05, 3.63) is 64.1 Å². The number of aromatic nitrogens is 1. The first-order valence-electron chi connectivity index (χ1n) is 9.12. The molecule has 31 heavy (non-hydrogen) atoms. The first-order valence-corrected chi connectivity index (χ1v) is 9.50. The highest BCUT2D eigenvalue weighted by Crippen LogP contribution is 2.33. The Morgan fingerprint density at radius 1 is 1.26 bits per heavy atom. The van der Waals surface area contributed by atoms with Gasteiger partial charge in [-0.2, -0.15) is 8.78 Å². The smallest absolute Gasteiger partial charge is 0.387 e. The van der Waals surface area contributed by atoms with Crippen LogP contribution in [-0.4, -0.2) is 31.3 Å². The first kappa shape index (κ1) is 22.5. The zero-order valence-corrected chi connectivity index (χ0v) is 17.3. The van der Waals surface area contributed by atoms with E-state index in [-0.39, 0.29) is 45.6 Å². The molecule has 1 aromatic heterocycles. The van der Waals surface area contributed by atoms with Gasteiger partial charge in [-0.25, -0.2) is 4.39 Å². The number of hydrogen-bond acceptors (Lipinski definition) is 5. The van der Waals surface area contributed by atoms with E-state index in [0.29, 0.717) is 12.0 Å². The number of amides is 1. The molecule has 0 aliphatic carbocycles. The third-order valence-electron chi connectivity index (χ3n) is 4.43. The summed E-state index contributed by atoms with van der Waals surface area (Å²) in [4.78, 5) is 12.7. The summed E-state index contributed by atoms with van der Waals surface area (Å²) in [6.07, 6.45) is 0.315. The summed E-state index contributed by atoms with van der Waals surface area (Å²) in [7, 11) is 1.34. The molecule has 0 radical (unpaired) electrons. The largest absolute Gasteiger partial charge is 0.493 e. The molecule has 10 heteroatoms. The van der Waals surface area contributed by atoms with Gasteiger partial charge in [-0.3, -0.25) is 4.79 Å². The van der Waals surface area contributed by atoms with Crippen molar-refractivity contribution in [2.24, 2.45) is 0 Å². The number of aryl methyl sites for hydroxylation is 1. The van der Waals surface area contributed by atoms with E-state index in [1.165, 1.54) is 44.4 Å². The molecule has 3 aromatic rings. The van der Waals surface area contributed by atoms with Gasteiger partial charge in [0.25, 0.3) is 5.91 Å². The third-order valence-corrected chi connectivity index (χ3v) is 4.75. The number of hydrogen-bond donors (Lipinski definition) is 1. The van der Waals surface area contributed by atoms with E-state index in [1.807, 2.05) is 0 Å². The Kier molecular flexibility index (Phi) is 7.06. The minimum absolute atomic E-state index is 0.00447. The molecule has 0 saturated carbocycles. The van der Waals surface area contributed by atoms with Crippen LogP contribution in [0, 0.1) is 12.7 Å². The fraction of sp³-hybridized carbons (Fsp3) is 0.238. The van der Waals surface area contributed by atoms with Crippen LogP contribution in [0.2, 0.25) is 5.02 Å². The fourth-order valence-corrected chi connectivity index (χ4v) is 3.26. The molecule has 1 N–H and O–H groups in total. The summed E-state index contributed by atoms with van der Waals surface area (Å²) in [5.41, 5.74) is 0.657. The van der Waals surface area contributed by atoms with Crippen LogP contribution >= 0.6 is 11.6 Å². The van der Waals surface area contributed by atoms with Crippen molar-refractivity contribution >= 4 is 17.5 Å². The molecule has 0 bridgehead atoms. The maximum atomic E-state index is 14.3. The van der Waals surface area contributed by atoms with Gasteiger partial charge >= 0.3 is 6.61 Å². The minimum Gasteiger partial charge on any atom is -0.493 e. The second-order valence-electron chi connectivity index (χ2n) is 6.43. The number of ether oxygens (including phenoxy) is 2. The van der Waals surface area contributed by atoms with Gasteiger partial charge in [0.05, 0.1) is 17.7 Å². The van der Waals surface area contributed by atoms with Gasteiger partial charge < -0.3 is 19.3 Å². The van der Waals surface area contributed by atoms with Gasteiger partial charge in [0, 0.05) is 6.54 Å². The topological polar surface area (TPSA) is 73.6 Å². The van der Waals surface area contributed by atoms with Gasteiger partial charge in [-0.1, -0.05) is 28.9 Å². The van der Waals surface area contributed by atoms with E-state index in [0.717, 1.165) is 0 Å². The Balaban J connectivity index is 1.74. The van der Waals surface area contributed by atoms with Crippen molar-refractivity contribution in [3.63, 3.8) is 0 Å². The van der Waals surface area contributed by atoms with E-state index in [1.54, 1.807) is 6.07 Å². The Morgan fingerprint density at radius 3 is 2.71 bits per heavy atom. The number of nitrogens with one attached hydrogen (secondary N) is 1. The fourth-order valence-electron chi connectivity index (χ4n) is 3.01. The van der Waals surface area contributed by atoms with Gasteiger partial charge in [-0.15, -0.1) is 0 Å². The first-order chi connectivity index (χ1) is 14.8. The molecule has 1 amide bonds. The Hall–Kier alpha value is -3.20. The Labute approximate surface area is 180 Å². The van der Waals surface area contributed by atoms with E-state index in [2.05, 4.69) is 15.2 Å². The van der Waals surface area contributed by atoms with Crippen LogP contribution in [0.15, 0.2) is 40.9 Å². The molecule has 0 unspecified atom stereocenters. The molecule has 0 fully saturated rings. The van der Waals surface area contributed by atoms with Crippen LogP contribution in [0.1, 0.15) is 21.7 Å². The summed E-state index contributed by atoms with van der Waals surface area (Å²) in [5.74, 6) is -0.915. The highest BCUT2D eigenvalue weighted by atomic mass is 35.5. The molecule has 0 saturated heterocycles. The van der Waals surface area contributed by atoms with Crippen molar-refractivity contribution in [2.45, 2.75) is 20.0 Å². The monoisotopic (exact) mass is 454 g/mol. The molecule has 2 aromatic carbocycles. The van der Waals surface area contributed by atoms with Crippen molar-refractivity contribution in [1.82, 2.24) is 10.5 Å². The highest BCUT2D eigenvalue weighted by Gasteiger charge is 2.25. The number of carbonyl (C=O) groups is 1. The van der Waals surface area contributed by atoms with Gasteiger partial charge in [0.1, 0.15) is 22.8 Å². The van der Waals surface area contributed by atoms with Crippen LogP contribution in [0.4, 0.5) is 13.2 Å². The number of rotatable bonds is 8. The van der Waals surface area contributed by atoms with Crippen molar-refractivity contribution in [2.75, 3.05) is 13.7 Å². The van der Waals surface area contributed by atoms with E-state index in [4.69, 9.17) is 20.9 Å². The Bertz CT molecular complexity index is 1070. The van der Waals surface area contributed by atoms with Crippen LogP contribution in [0.3, 0.4) is 0 Å². The molecular weight excluding hydrogens is 437 g/mol. The standard InChI is InChI=1S/C21H18ClF3N2O4/c1-11-17(19(27-31-11)18-13(22)4-3-5-14(18)23)20(28)26-9-8-12-6-7-15(29-2)16(10-12)30-21(24)25/h3-7,10,21H,8-9H2,1-2H3,(H,26,28). The number of benzene rings is 2. The third kappa shape index (κ3) is 5.11. The summed E-state index contributed by atoms with van der Waals surface area (Å²) in [6.45, 7) is -1.31. The lowest BCUT2D eigenvalue weighted by molar-refractivity contribution is -0.0512. The molecule has 6 nitrogen and oxygen atoms in total. The summed E-state index contributed by atoms with van der Waals surface area (Å²) in [5, 5.41) is 6.57. The lowest BCUT2D eigenvalue weighted by Gasteiger charge is -2.12. The summed E-state index contributed by atoms with van der Waals surface area (Å²) >= 11 is 6.08. The molecule has 0 aliphatic heterocycles. The predicted molar refractivity (Wildman–Crippen MR) is 107 cm³/mol. The zero-order valence-electron chi connectivity index (χ0n) is 16.5. The number of methoxy groups -OCH3 is 1. The molecule has 0 spiro atoms. The molecule has 0 atom stereocenters. The van der Waals surface area contributed by atoms with Gasteiger partial charge in [-0.05, 0) is 43.2 Å². The minimum atomic E-state index is -3.00. The second kappa shape index (κ2) is 9.74. The molecular formula is C21H18ClF3N2O4. The molecule has 3 rings (SSSR count). The lowest BCUT2D eigenvalue weighted by Crippen LogP contribution is -2.26. The average Bonchev–Trinajstić information content (AvgIpc) is 3.08. The van der Waals surface area contributed by atoms with Crippen LogP contribution in [0.5, 0.6) is 11.5 Å².